The average molecular weight is 341 g/mol. The lowest BCUT2D eigenvalue weighted by Crippen LogP contribution is -2.34. The van der Waals surface area contributed by atoms with Gasteiger partial charge in [-0.2, -0.15) is 0 Å². The highest BCUT2D eigenvalue weighted by molar-refractivity contribution is 5.86. The second-order valence-electron chi connectivity index (χ2n) is 6.12. The van der Waals surface area contributed by atoms with Gasteiger partial charge in [0, 0.05) is 0 Å². The molecule has 2 aromatic rings. The SMILES string of the molecule is Cc1cc(C)cc(C(NC(=O)Cc2ccc3c(c2)OCO3)C(=O)O)c1. The van der Waals surface area contributed by atoms with E-state index in [-0.39, 0.29) is 19.1 Å². The Morgan fingerprint density at radius 2 is 1.76 bits per heavy atom. The zero-order valence-electron chi connectivity index (χ0n) is 14.0. The number of hydrogen-bond acceptors (Lipinski definition) is 4. The summed E-state index contributed by atoms with van der Waals surface area (Å²) in [5, 5.41) is 12.1. The Balaban J connectivity index is 1.74. The first-order valence-electron chi connectivity index (χ1n) is 7.91. The third-order valence-corrected chi connectivity index (χ3v) is 3.93. The number of carbonyl (C=O) groups excluding carboxylic acids is 1. The summed E-state index contributed by atoms with van der Waals surface area (Å²) < 4.78 is 10.5. The minimum atomic E-state index is -1.09. The van der Waals surface area contributed by atoms with Crippen LogP contribution in [-0.4, -0.2) is 23.8 Å². The third-order valence-electron chi connectivity index (χ3n) is 3.93. The van der Waals surface area contributed by atoms with E-state index in [0.717, 1.165) is 16.7 Å². The van der Waals surface area contributed by atoms with Crippen LogP contribution in [0.2, 0.25) is 0 Å². The van der Waals surface area contributed by atoms with Crippen molar-refractivity contribution in [2.75, 3.05) is 6.79 Å². The molecule has 0 saturated heterocycles. The largest absolute Gasteiger partial charge is 0.479 e. The van der Waals surface area contributed by atoms with Crippen LogP contribution in [0, 0.1) is 13.8 Å². The molecule has 0 aliphatic carbocycles. The summed E-state index contributed by atoms with van der Waals surface area (Å²) >= 11 is 0. The molecule has 0 aromatic heterocycles. The maximum Gasteiger partial charge on any atom is 0.330 e. The number of fused-ring (bicyclic) bond motifs is 1. The predicted octanol–water partition coefficient (Wildman–Crippen LogP) is 2.52. The van der Waals surface area contributed by atoms with Crippen LogP contribution in [0.3, 0.4) is 0 Å². The molecule has 0 spiro atoms. The molecule has 25 heavy (non-hydrogen) atoms. The number of nitrogens with one attached hydrogen (secondary N) is 1. The van der Waals surface area contributed by atoms with Crippen molar-refractivity contribution in [3.63, 3.8) is 0 Å². The summed E-state index contributed by atoms with van der Waals surface area (Å²) in [6.45, 7) is 3.95. The maximum absolute atomic E-state index is 12.3. The van der Waals surface area contributed by atoms with Crippen molar-refractivity contribution in [2.45, 2.75) is 26.3 Å². The van der Waals surface area contributed by atoms with E-state index in [1.807, 2.05) is 19.9 Å². The Hall–Kier alpha value is -3.02. The lowest BCUT2D eigenvalue weighted by atomic mass is 10.0. The van der Waals surface area contributed by atoms with Gasteiger partial charge in [-0.05, 0) is 37.1 Å². The van der Waals surface area contributed by atoms with Crippen molar-refractivity contribution in [1.29, 1.82) is 0 Å². The number of rotatable bonds is 5. The van der Waals surface area contributed by atoms with Crippen LogP contribution >= 0.6 is 0 Å². The molecule has 1 aliphatic heterocycles. The molecule has 3 rings (SSSR count). The van der Waals surface area contributed by atoms with Crippen LogP contribution in [0.5, 0.6) is 11.5 Å². The lowest BCUT2D eigenvalue weighted by molar-refractivity contribution is -0.141. The van der Waals surface area contributed by atoms with Gasteiger partial charge in [0.15, 0.2) is 17.5 Å². The summed E-state index contributed by atoms with van der Waals surface area (Å²) in [5.74, 6) is -0.230. The molecule has 0 bridgehead atoms. The van der Waals surface area contributed by atoms with Crippen molar-refractivity contribution in [2.24, 2.45) is 0 Å². The fourth-order valence-electron chi connectivity index (χ4n) is 2.91. The van der Waals surface area contributed by atoms with Gasteiger partial charge in [0.1, 0.15) is 0 Å². The summed E-state index contributed by atoms with van der Waals surface area (Å²) in [6.07, 6.45) is 0.0607. The molecule has 6 nitrogen and oxygen atoms in total. The zero-order chi connectivity index (χ0) is 18.0. The molecule has 0 fully saturated rings. The van der Waals surface area contributed by atoms with Crippen molar-refractivity contribution < 1.29 is 24.2 Å². The van der Waals surface area contributed by atoms with Gasteiger partial charge in [-0.1, -0.05) is 35.4 Å². The Morgan fingerprint density at radius 1 is 1.08 bits per heavy atom. The summed E-state index contributed by atoms with van der Waals surface area (Å²) in [5.41, 5.74) is 3.19. The van der Waals surface area contributed by atoms with Crippen molar-refractivity contribution >= 4 is 11.9 Å². The van der Waals surface area contributed by atoms with E-state index in [9.17, 15) is 14.7 Å². The highest BCUT2D eigenvalue weighted by atomic mass is 16.7. The standard InChI is InChI=1S/C19H19NO5/c1-11-5-12(2)7-14(6-11)18(19(22)23)20-17(21)9-13-3-4-15-16(8-13)25-10-24-15/h3-8,18H,9-10H2,1-2H3,(H,20,21)(H,22,23). The monoisotopic (exact) mass is 341 g/mol. The molecule has 1 heterocycles. The van der Waals surface area contributed by atoms with E-state index < -0.39 is 12.0 Å². The number of benzene rings is 2. The molecule has 2 aromatic carbocycles. The number of hydrogen-bond donors (Lipinski definition) is 2. The second kappa shape index (κ2) is 6.84. The molecule has 1 aliphatic rings. The molecule has 0 saturated carbocycles. The van der Waals surface area contributed by atoms with E-state index in [1.54, 1.807) is 30.3 Å². The smallest absolute Gasteiger partial charge is 0.330 e. The summed E-state index contributed by atoms with van der Waals surface area (Å²) in [4.78, 5) is 23.9. The van der Waals surface area contributed by atoms with Gasteiger partial charge >= 0.3 is 5.97 Å². The molecular formula is C19H19NO5. The highest BCUT2D eigenvalue weighted by Gasteiger charge is 2.23. The Bertz CT molecular complexity index is 810. The number of amides is 1. The van der Waals surface area contributed by atoms with E-state index in [2.05, 4.69) is 5.32 Å². The van der Waals surface area contributed by atoms with Crippen LogP contribution in [0.1, 0.15) is 28.3 Å². The molecule has 1 amide bonds. The first kappa shape index (κ1) is 16.8. The quantitative estimate of drug-likeness (QED) is 0.873. The molecule has 6 heteroatoms. The Morgan fingerprint density at radius 3 is 2.44 bits per heavy atom. The topological polar surface area (TPSA) is 84.9 Å². The zero-order valence-corrected chi connectivity index (χ0v) is 14.0. The van der Waals surface area contributed by atoms with Gasteiger partial charge in [-0.3, -0.25) is 4.79 Å². The van der Waals surface area contributed by atoms with Gasteiger partial charge in [0.25, 0.3) is 0 Å². The highest BCUT2D eigenvalue weighted by Crippen LogP contribution is 2.32. The van der Waals surface area contributed by atoms with Crippen LogP contribution in [-0.2, 0) is 16.0 Å². The number of carboxylic acids is 1. The van der Waals surface area contributed by atoms with Crippen molar-refractivity contribution in [3.8, 4) is 11.5 Å². The van der Waals surface area contributed by atoms with E-state index in [1.165, 1.54) is 0 Å². The summed E-state index contributed by atoms with van der Waals surface area (Å²) in [6, 6.07) is 9.65. The average Bonchev–Trinajstić information content (AvgIpc) is 2.99. The number of aryl methyl sites for hydroxylation is 2. The van der Waals surface area contributed by atoms with E-state index in [0.29, 0.717) is 17.1 Å². The second-order valence-corrected chi connectivity index (χ2v) is 6.12. The van der Waals surface area contributed by atoms with Gasteiger partial charge in [0.2, 0.25) is 12.7 Å². The summed E-state index contributed by atoms with van der Waals surface area (Å²) in [7, 11) is 0. The third kappa shape index (κ3) is 3.91. The van der Waals surface area contributed by atoms with Gasteiger partial charge in [-0.25, -0.2) is 4.79 Å². The number of carboxylic acid groups (broad SMARTS) is 1. The van der Waals surface area contributed by atoms with Gasteiger partial charge in [-0.15, -0.1) is 0 Å². The molecular weight excluding hydrogens is 322 g/mol. The van der Waals surface area contributed by atoms with Crippen LogP contribution < -0.4 is 14.8 Å². The number of ether oxygens (including phenoxy) is 2. The normalized spacial score (nSPS) is 13.4. The molecule has 2 N–H and O–H groups in total. The fourth-order valence-corrected chi connectivity index (χ4v) is 2.91. The molecule has 1 unspecified atom stereocenters. The fraction of sp³-hybridized carbons (Fsp3) is 0.263. The van der Waals surface area contributed by atoms with Crippen molar-refractivity contribution in [1.82, 2.24) is 5.32 Å². The Kier molecular flexibility index (Phi) is 4.61. The lowest BCUT2D eigenvalue weighted by Gasteiger charge is -2.16. The van der Waals surface area contributed by atoms with Gasteiger partial charge in [0.05, 0.1) is 6.42 Å². The first-order valence-corrected chi connectivity index (χ1v) is 7.91. The van der Waals surface area contributed by atoms with Crippen molar-refractivity contribution in [3.05, 3.63) is 58.7 Å². The van der Waals surface area contributed by atoms with Crippen LogP contribution in [0.4, 0.5) is 0 Å². The van der Waals surface area contributed by atoms with Gasteiger partial charge < -0.3 is 19.9 Å². The Labute approximate surface area is 145 Å². The van der Waals surface area contributed by atoms with Crippen LogP contribution in [0.25, 0.3) is 0 Å². The molecule has 130 valence electrons. The number of aliphatic carboxylic acids is 1. The van der Waals surface area contributed by atoms with E-state index >= 15 is 0 Å². The maximum atomic E-state index is 12.3. The van der Waals surface area contributed by atoms with E-state index in [4.69, 9.17) is 9.47 Å². The molecule has 1 atom stereocenters. The number of carbonyl (C=O) groups is 2. The first-order chi connectivity index (χ1) is 11.9. The molecule has 0 radical (unpaired) electrons. The van der Waals surface area contributed by atoms with Crippen LogP contribution in [0.15, 0.2) is 36.4 Å². The predicted molar refractivity (Wildman–Crippen MR) is 90.7 cm³/mol. The minimum absolute atomic E-state index is 0.0607. The minimum Gasteiger partial charge on any atom is -0.479 e.